The molecule has 280 valence electrons. The summed E-state index contributed by atoms with van der Waals surface area (Å²) in [4.78, 5) is 25.3. The quantitative estimate of drug-likeness (QED) is 0.0529. The summed E-state index contributed by atoms with van der Waals surface area (Å²) in [5.74, 6) is 1.07. The molecule has 1 aromatic rings. The van der Waals surface area contributed by atoms with Gasteiger partial charge in [-0.2, -0.15) is 0 Å². The standard InChI is InChI=1S/C43H78O5/c1-5-8-10-12-14-16-18-20-22-24-26-28-30-32-34-36-40(44)47-42-38(4)46-39(7-3)43(42)48-41(45)37-35-33-31-29-27-25-23-21-19-17-15-13-11-9-6-2/h5-37H2,1-4H3. The molecule has 0 aromatic carbocycles. The third-order valence-corrected chi connectivity index (χ3v) is 9.78. The Labute approximate surface area is 297 Å². The smallest absolute Gasteiger partial charge is 0.311 e. The Morgan fingerprint density at radius 1 is 0.417 bits per heavy atom. The van der Waals surface area contributed by atoms with Crippen LogP contribution in [0.5, 0.6) is 11.5 Å². The molecule has 0 atom stereocenters. The minimum atomic E-state index is -0.282. The summed E-state index contributed by atoms with van der Waals surface area (Å²) in [5.41, 5.74) is 0. The predicted molar refractivity (Wildman–Crippen MR) is 203 cm³/mol. The van der Waals surface area contributed by atoms with Crippen LogP contribution in [0.25, 0.3) is 0 Å². The van der Waals surface area contributed by atoms with E-state index in [0.29, 0.717) is 36.5 Å². The first-order valence-electron chi connectivity index (χ1n) is 21.1. The number of carbonyl (C=O) groups is 2. The summed E-state index contributed by atoms with van der Waals surface area (Å²) in [6, 6.07) is 0. The maximum Gasteiger partial charge on any atom is 0.311 e. The molecule has 1 rings (SSSR count). The van der Waals surface area contributed by atoms with Crippen LogP contribution in [0, 0.1) is 6.92 Å². The molecule has 0 amide bonds. The fourth-order valence-corrected chi connectivity index (χ4v) is 6.63. The molecular formula is C43H78O5. The van der Waals surface area contributed by atoms with Crippen LogP contribution < -0.4 is 9.47 Å². The number of hydrogen-bond donors (Lipinski definition) is 0. The molecule has 0 N–H and O–H groups in total. The van der Waals surface area contributed by atoms with Crippen LogP contribution in [0.1, 0.15) is 238 Å². The first kappa shape index (κ1) is 44.2. The number of aryl methyl sites for hydroxylation is 2. The van der Waals surface area contributed by atoms with Crippen molar-refractivity contribution in [3.63, 3.8) is 0 Å². The molecule has 0 aliphatic carbocycles. The molecule has 1 aromatic heterocycles. The Kier molecular flexibility index (Phi) is 29.9. The summed E-state index contributed by atoms with van der Waals surface area (Å²) >= 11 is 0. The van der Waals surface area contributed by atoms with Gasteiger partial charge in [0, 0.05) is 19.3 Å². The molecule has 5 nitrogen and oxygen atoms in total. The average molecular weight is 675 g/mol. The number of hydrogen-bond acceptors (Lipinski definition) is 5. The minimum absolute atomic E-state index is 0.278. The van der Waals surface area contributed by atoms with Gasteiger partial charge in [0.25, 0.3) is 0 Å². The van der Waals surface area contributed by atoms with E-state index in [0.717, 1.165) is 38.5 Å². The molecule has 0 aliphatic heterocycles. The Bertz CT molecular complexity index is 888. The number of furan rings is 1. The van der Waals surface area contributed by atoms with Crippen molar-refractivity contribution >= 4 is 11.9 Å². The van der Waals surface area contributed by atoms with E-state index in [2.05, 4.69) is 13.8 Å². The summed E-state index contributed by atoms with van der Waals surface area (Å²) in [5, 5.41) is 0. The highest BCUT2D eigenvalue weighted by molar-refractivity contribution is 5.77. The van der Waals surface area contributed by atoms with E-state index in [9.17, 15) is 9.59 Å². The first-order valence-corrected chi connectivity index (χ1v) is 21.1. The van der Waals surface area contributed by atoms with E-state index in [-0.39, 0.29) is 17.7 Å². The molecular weight excluding hydrogens is 596 g/mol. The Hall–Kier alpha value is -1.78. The fraction of sp³-hybridized carbons (Fsp3) is 0.860. The van der Waals surface area contributed by atoms with E-state index >= 15 is 0 Å². The largest absolute Gasteiger partial charge is 0.458 e. The van der Waals surface area contributed by atoms with Crippen LogP contribution in [0.3, 0.4) is 0 Å². The molecule has 48 heavy (non-hydrogen) atoms. The molecule has 5 heteroatoms. The molecule has 0 radical (unpaired) electrons. The van der Waals surface area contributed by atoms with E-state index in [4.69, 9.17) is 13.9 Å². The lowest BCUT2D eigenvalue weighted by atomic mass is 10.0. The van der Waals surface area contributed by atoms with E-state index in [1.807, 2.05) is 6.92 Å². The number of ether oxygens (including phenoxy) is 2. The normalized spacial score (nSPS) is 11.3. The van der Waals surface area contributed by atoms with E-state index in [1.165, 1.54) is 154 Å². The monoisotopic (exact) mass is 675 g/mol. The highest BCUT2D eigenvalue weighted by Gasteiger charge is 2.24. The van der Waals surface area contributed by atoms with Crippen LogP contribution in [0.4, 0.5) is 0 Å². The van der Waals surface area contributed by atoms with E-state index < -0.39 is 0 Å². The van der Waals surface area contributed by atoms with Crippen molar-refractivity contribution in [3.8, 4) is 11.5 Å². The lowest BCUT2D eigenvalue weighted by Crippen LogP contribution is -2.12. The SMILES string of the molecule is CCCCCCCCCCCCCCCCCC(=O)Oc1c(C)oc(CC)c1OC(=O)CCCCCCCCCCCCCCCCC. The molecule has 0 unspecified atom stereocenters. The average Bonchev–Trinajstić information content (AvgIpc) is 3.37. The van der Waals surface area contributed by atoms with Gasteiger partial charge in [0.05, 0.1) is 0 Å². The van der Waals surface area contributed by atoms with Gasteiger partial charge in [0.15, 0.2) is 5.76 Å². The lowest BCUT2D eigenvalue weighted by Gasteiger charge is -2.08. The van der Waals surface area contributed by atoms with Crippen LogP contribution >= 0.6 is 0 Å². The maximum atomic E-state index is 12.7. The van der Waals surface area contributed by atoms with Crippen molar-refractivity contribution in [1.82, 2.24) is 0 Å². The van der Waals surface area contributed by atoms with Crippen molar-refractivity contribution in [2.24, 2.45) is 0 Å². The number of rotatable bonds is 35. The Morgan fingerprint density at radius 2 is 0.688 bits per heavy atom. The Balaban J connectivity index is 2.13. The van der Waals surface area contributed by atoms with Gasteiger partial charge in [-0.15, -0.1) is 0 Å². The summed E-state index contributed by atoms with van der Waals surface area (Å²) in [6.07, 6.45) is 40.1. The minimum Gasteiger partial charge on any atom is -0.458 e. The van der Waals surface area contributed by atoms with Gasteiger partial charge in [-0.1, -0.05) is 201 Å². The van der Waals surface area contributed by atoms with Crippen LogP contribution in [-0.4, -0.2) is 11.9 Å². The van der Waals surface area contributed by atoms with Gasteiger partial charge in [-0.25, -0.2) is 0 Å². The van der Waals surface area contributed by atoms with Crippen LogP contribution in [0.15, 0.2) is 4.42 Å². The molecule has 1 heterocycles. The topological polar surface area (TPSA) is 65.7 Å². The number of unbranched alkanes of at least 4 members (excludes halogenated alkanes) is 28. The van der Waals surface area contributed by atoms with Gasteiger partial charge in [0.1, 0.15) is 5.76 Å². The highest BCUT2D eigenvalue weighted by Crippen LogP contribution is 2.39. The molecule has 0 saturated carbocycles. The summed E-state index contributed by atoms with van der Waals surface area (Å²) < 4.78 is 17.2. The van der Waals surface area contributed by atoms with Gasteiger partial charge < -0.3 is 13.9 Å². The molecule has 0 bridgehead atoms. The first-order chi connectivity index (χ1) is 23.5. The third-order valence-electron chi connectivity index (χ3n) is 9.78. The second-order valence-corrected chi connectivity index (χ2v) is 14.4. The zero-order chi connectivity index (χ0) is 34.9. The number of carbonyl (C=O) groups excluding carboxylic acids is 2. The second kappa shape index (κ2) is 32.4. The summed E-state index contributed by atoms with van der Waals surface area (Å²) in [7, 11) is 0. The van der Waals surface area contributed by atoms with Crippen molar-refractivity contribution < 1.29 is 23.5 Å². The van der Waals surface area contributed by atoms with E-state index in [1.54, 1.807) is 6.92 Å². The molecule has 0 saturated heterocycles. The molecule has 0 fully saturated rings. The van der Waals surface area contributed by atoms with Crippen molar-refractivity contribution in [2.75, 3.05) is 0 Å². The number of esters is 2. The van der Waals surface area contributed by atoms with Crippen LogP contribution in [-0.2, 0) is 16.0 Å². The van der Waals surface area contributed by atoms with Gasteiger partial charge in [-0.05, 0) is 19.8 Å². The fourth-order valence-electron chi connectivity index (χ4n) is 6.63. The molecule has 0 spiro atoms. The third kappa shape index (κ3) is 24.4. The predicted octanol–water partition coefficient (Wildman–Crippen LogP) is 14.5. The second-order valence-electron chi connectivity index (χ2n) is 14.4. The van der Waals surface area contributed by atoms with Gasteiger partial charge in [-0.3, -0.25) is 9.59 Å². The van der Waals surface area contributed by atoms with Gasteiger partial charge in [0.2, 0.25) is 11.5 Å². The van der Waals surface area contributed by atoms with Crippen molar-refractivity contribution in [2.45, 2.75) is 240 Å². The Morgan fingerprint density at radius 3 is 0.979 bits per heavy atom. The summed E-state index contributed by atoms with van der Waals surface area (Å²) in [6.45, 7) is 8.27. The van der Waals surface area contributed by atoms with Gasteiger partial charge >= 0.3 is 11.9 Å². The van der Waals surface area contributed by atoms with Crippen LogP contribution in [0.2, 0.25) is 0 Å². The molecule has 0 aliphatic rings. The van der Waals surface area contributed by atoms with Crippen molar-refractivity contribution in [3.05, 3.63) is 11.5 Å². The zero-order valence-corrected chi connectivity index (χ0v) is 32.4. The zero-order valence-electron chi connectivity index (χ0n) is 32.4. The van der Waals surface area contributed by atoms with Crippen molar-refractivity contribution in [1.29, 1.82) is 0 Å². The highest BCUT2D eigenvalue weighted by atomic mass is 16.6. The maximum absolute atomic E-state index is 12.7. The lowest BCUT2D eigenvalue weighted by molar-refractivity contribution is -0.137.